The van der Waals surface area contributed by atoms with E-state index in [1.165, 1.54) is 51.4 Å². The lowest BCUT2D eigenvalue weighted by atomic mass is 9.71. The lowest BCUT2D eigenvalue weighted by Gasteiger charge is -2.50. The Kier molecular flexibility index (Phi) is 11.6. The lowest BCUT2D eigenvalue weighted by Crippen LogP contribution is -2.64. The second kappa shape index (κ2) is 16.1. The molecule has 4 amide bonds. The molecule has 5 fully saturated rings. The normalized spacial score (nSPS) is 23.8. The van der Waals surface area contributed by atoms with E-state index in [0.29, 0.717) is 57.4 Å². The maximum Gasteiger partial charge on any atom is 0.257 e. The van der Waals surface area contributed by atoms with Crippen molar-refractivity contribution in [3.8, 4) is 0 Å². The number of hydrogen-bond donors (Lipinski definition) is 1. The number of ether oxygens (including phenoxy) is 1. The highest BCUT2D eigenvalue weighted by Crippen LogP contribution is 2.54. The molecular weight excluding hydrogens is 632 g/mol. The molecule has 7 rings (SSSR count). The summed E-state index contributed by atoms with van der Waals surface area (Å²) in [5, 5.41) is 7.51. The number of piperidine rings is 1. The van der Waals surface area contributed by atoms with Crippen LogP contribution in [-0.4, -0.2) is 108 Å². The van der Waals surface area contributed by atoms with Crippen LogP contribution in [0.2, 0.25) is 0 Å². The molecule has 2 atom stereocenters. The molecule has 11 nitrogen and oxygen atoms in total. The second-order valence-electron chi connectivity index (χ2n) is 16.0. The quantitative estimate of drug-likeness (QED) is 0.275. The van der Waals surface area contributed by atoms with Gasteiger partial charge in [-0.2, -0.15) is 5.10 Å². The lowest BCUT2D eigenvalue weighted by molar-refractivity contribution is -0.151. The van der Waals surface area contributed by atoms with Gasteiger partial charge in [-0.05, 0) is 55.4 Å². The van der Waals surface area contributed by atoms with Gasteiger partial charge in [0.2, 0.25) is 18.2 Å². The van der Waals surface area contributed by atoms with E-state index in [1.54, 1.807) is 22.0 Å². The molecule has 0 bridgehead atoms. The van der Waals surface area contributed by atoms with Gasteiger partial charge in [0.05, 0.1) is 30.8 Å². The van der Waals surface area contributed by atoms with Gasteiger partial charge >= 0.3 is 0 Å². The minimum absolute atomic E-state index is 0. The maximum absolute atomic E-state index is 13.6. The Morgan fingerprint density at radius 2 is 1.64 bits per heavy atom. The van der Waals surface area contributed by atoms with E-state index in [2.05, 4.69) is 24.3 Å². The molecular formula is C39H58N6O5. The molecule has 274 valence electrons. The van der Waals surface area contributed by atoms with Crippen LogP contribution in [-0.2, 0) is 25.7 Å². The number of hydrogen-bond acceptors (Lipinski definition) is 6. The van der Waals surface area contributed by atoms with E-state index in [-0.39, 0.29) is 36.4 Å². The molecule has 11 heteroatoms. The number of likely N-dealkylation sites (tertiary alicyclic amines) is 3. The Hall–Kier alpha value is -3.73. The summed E-state index contributed by atoms with van der Waals surface area (Å²) in [5.74, 6) is 0.360. The van der Waals surface area contributed by atoms with Crippen LogP contribution in [0, 0.1) is 28.6 Å². The Labute approximate surface area is 298 Å². The fourth-order valence-electron chi connectivity index (χ4n) is 8.29. The van der Waals surface area contributed by atoms with Gasteiger partial charge in [0.25, 0.3) is 5.91 Å². The Balaban J connectivity index is 0.000000496. The molecule has 1 N–H and O–H groups in total. The van der Waals surface area contributed by atoms with Crippen molar-refractivity contribution in [3.05, 3.63) is 53.9 Å². The maximum atomic E-state index is 13.6. The molecule has 0 radical (unpaired) electrons. The van der Waals surface area contributed by atoms with Crippen molar-refractivity contribution in [1.82, 2.24) is 29.8 Å². The third-order valence-corrected chi connectivity index (χ3v) is 11.6. The van der Waals surface area contributed by atoms with Gasteiger partial charge in [-0.15, -0.1) is 0 Å². The molecule has 4 heterocycles. The summed E-state index contributed by atoms with van der Waals surface area (Å²) in [5.41, 5.74) is 1.27. The number of nitrogens with one attached hydrogen (secondary N) is 1. The smallest absolute Gasteiger partial charge is 0.257 e. The molecule has 5 aliphatic rings. The highest BCUT2D eigenvalue weighted by molar-refractivity contribution is 5.95. The standard InChI is InChI=1S/C33H45N5O4.C6H11NO.H2/c1-32(2)15-27(32)31(41)37-22-33(23-37)21-36(30(40)26-16-35-38(18-26)17-24-9-5-3-6-10-24)19-28(33)29(39)34-13-14-42-20-25-11-7-4-8-12-25;8-6-7-4-2-1-3-5-7;/h3,5-6,9-10,16,18,25,27-28H,4,7-8,11-15,17,19-23H2,1-2H3,(H,34,39);6H,1-5H2;1H/t27-,28+;;/m1../s1. The van der Waals surface area contributed by atoms with Crippen LogP contribution < -0.4 is 5.32 Å². The fraction of sp³-hybridized carbons (Fsp3) is 0.667. The van der Waals surface area contributed by atoms with E-state index in [0.717, 1.165) is 38.1 Å². The molecule has 1 spiro atoms. The number of rotatable bonds is 11. The number of amides is 4. The highest BCUT2D eigenvalue weighted by atomic mass is 16.5. The van der Waals surface area contributed by atoms with Crippen LogP contribution in [0.5, 0.6) is 0 Å². The second-order valence-corrected chi connectivity index (χ2v) is 16.0. The Morgan fingerprint density at radius 1 is 0.960 bits per heavy atom. The minimum atomic E-state index is -0.419. The number of nitrogens with zero attached hydrogens (tertiary/aromatic N) is 5. The van der Waals surface area contributed by atoms with Crippen LogP contribution in [0.15, 0.2) is 42.7 Å². The van der Waals surface area contributed by atoms with Gasteiger partial charge in [-0.25, -0.2) is 0 Å². The average molecular weight is 691 g/mol. The summed E-state index contributed by atoms with van der Waals surface area (Å²) in [6.07, 6.45) is 15.3. The van der Waals surface area contributed by atoms with Gasteiger partial charge in [0.1, 0.15) is 0 Å². The van der Waals surface area contributed by atoms with Gasteiger partial charge in [-0.1, -0.05) is 63.4 Å². The molecule has 1 aromatic carbocycles. The van der Waals surface area contributed by atoms with Crippen molar-refractivity contribution in [2.75, 3.05) is 59.0 Å². The van der Waals surface area contributed by atoms with Crippen LogP contribution in [0.25, 0.3) is 0 Å². The van der Waals surface area contributed by atoms with E-state index in [4.69, 9.17) is 4.74 Å². The van der Waals surface area contributed by atoms with E-state index < -0.39 is 5.41 Å². The zero-order valence-corrected chi connectivity index (χ0v) is 30.1. The number of carbonyl (C=O) groups is 4. The molecule has 2 saturated carbocycles. The molecule has 3 saturated heterocycles. The fourth-order valence-corrected chi connectivity index (χ4v) is 8.29. The van der Waals surface area contributed by atoms with Gasteiger partial charge in [0, 0.05) is 71.4 Å². The van der Waals surface area contributed by atoms with Gasteiger partial charge in [0.15, 0.2) is 0 Å². The number of carbonyl (C=O) groups excluding carboxylic acids is 4. The summed E-state index contributed by atoms with van der Waals surface area (Å²) in [7, 11) is 0. The topological polar surface area (TPSA) is 117 Å². The third-order valence-electron chi connectivity index (χ3n) is 11.6. The number of aromatic nitrogens is 2. The van der Waals surface area contributed by atoms with E-state index >= 15 is 0 Å². The Bertz CT molecular complexity index is 1470. The van der Waals surface area contributed by atoms with Gasteiger partial charge in [-0.3, -0.25) is 23.9 Å². The predicted octanol–water partition coefficient (Wildman–Crippen LogP) is 4.47. The van der Waals surface area contributed by atoms with Crippen LogP contribution >= 0.6 is 0 Å². The largest absolute Gasteiger partial charge is 0.379 e. The monoisotopic (exact) mass is 690 g/mol. The first-order chi connectivity index (χ1) is 24.2. The summed E-state index contributed by atoms with van der Waals surface area (Å²) >= 11 is 0. The molecule has 2 aliphatic carbocycles. The van der Waals surface area contributed by atoms with Crippen molar-refractivity contribution in [1.29, 1.82) is 0 Å². The molecule has 50 heavy (non-hydrogen) atoms. The zero-order valence-electron chi connectivity index (χ0n) is 30.1. The first-order valence-corrected chi connectivity index (χ1v) is 18.9. The molecule has 3 aliphatic heterocycles. The number of benzene rings is 1. The van der Waals surface area contributed by atoms with Gasteiger partial charge < -0.3 is 24.8 Å². The summed E-state index contributed by atoms with van der Waals surface area (Å²) in [4.78, 5) is 55.9. The first-order valence-electron chi connectivity index (χ1n) is 18.9. The van der Waals surface area contributed by atoms with Crippen LogP contribution in [0.4, 0.5) is 0 Å². The minimum Gasteiger partial charge on any atom is -0.379 e. The molecule has 2 aromatic rings. The van der Waals surface area contributed by atoms with Crippen molar-refractivity contribution >= 4 is 24.1 Å². The van der Waals surface area contributed by atoms with E-state index in [9.17, 15) is 19.2 Å². The molecule has 0 unspecified atom stereocenters. The SMILES string of the molecule is CC1(C)C[C@@H]1C(=O)N1CC2(CN(C(=O)c3cnn(Cc4ccccc4)c3)C[C@H]2C(=O)NCCOCC2CCCCC2)C1.O=CN1CCCCC1.[HH]. The van der Waals surface area contributed by atoms with Crippen LogP contribution in [0.3, 0.4) is 0 Å². The van der Waals surface area contributed by atoms with Crippen molar-refractivity contribution < 1.29 is 25.3 Å². The third kappa shape index (κ3) is 8.76. The predicted molar refractivity (Wildman–Crippen MR) is 192 cm³/mol. The summed E-state index contributed by atoms with van der Waals surface area (Å²) < 4.78 is 7.67. The first kappa shape index (κ1) is 36.1. The zero-order chi connectivity index (χ0) is 35.1. The molecule has 1 aromatic heterocycles. The average Bonchev–Trinajstić information content (AvgIpc) is 3.42. The highest BCUT2D eigenvalue weighted by Gasteiger charge is 2.61. The van der Waals surface area contributed by atoms with Crippen LogP contribution in [0.1, 0.15) is 89.0 Å². The Morgan fingerprint density at radius 3 is 2.30 bits per heavy atom. The van der Waals surface area contributed by atoms with E-state index in [1.807, 2.05) is 40.1 Å². The van der Waals surface area contributed by atoms with Crippen molar-refractivity contribution in [2.45, 2.75) is 78.2 Å². The summed E-state index contributed by atoms with van der Waals surface area (Å²) in [6.45, 7) is 10.3. The van der Waals surface area contributed by atoms with Crippen molar-refractivity contribution in [2.24, 2.45) is 28.6 Å². The van der Waals surface area contributed by atoms with Crippen molar-refractivity contribution in [3.63, 3.8) is 0 Å². The summed E-state index contributed by atoms with van der Waals surface area (Å²) in [6, 6.07) is 10.0.